The molecular weight excluding hydrogens is 270 g/mol. The molecule has 2 atom stereocenters. The van der Waals surface area contributed by atoms with Crippen LogP contribution in [0.5, 0.6) is 0 Å². The van der Waals surface area contributed by atoms with Gasteiger partial charge in [0.05, 0.1) is 6.10 Å². The van der Waals surface area contributed by atoms with Crippen molar-refractivity contribution in [1.82, 2.24) is 4.90 Å². The molecule has 0 radical (unpaired) electrons. The highest BCUT2D eigenvalue weighted by Gasteiger charge is 2.29. The van der Waals surface area contributed by atoms with Crippen LogP contribution in [0.25, 0.3) is 0 Å². The molecule has 2 rings (SSSR count). The minimum atomic E-state index is -0.0865. The van der Waals surface area contributed by atoms with E-state index in [2.05, 4.69) is 56.3 Å². The average Bonchev–Trinajstić information content (AvgIpc) is 2.54. The molecule has 0 saturated heterocycles. The summed E-state index contributed by atoms with van der Waals surface area (Å²) in [7, 11) is 4.42. The molecule has 1 aromatic carbocycles. The normalized spacial score (nSPS) is 25.1. The lowest BCUT2D eigenvalue weighted by molar-refractivity contribution is 0.123. The van der Waals surface area contributed by atoms with E-state index < -0.39 is 0 Å². The molecule has 1 fully saturated rings. The minimum absolute atomic E-state index is 0.0865. The Morgan fingerprint density at radius 3 is 2.27 bits per heavy atom. The van der Waals surface area contributed by atoms with Crippen molar-refractivity contribution >= 4 is 0 Å². The summed E-state index contributed by atoms with van der Waals surface area (Å²) in [6, 6.07) is 11.5. The zero-order chi connectivity index (χ0) is 15.9. The number of aliphatic hydroxyl groups excluding tert-OH is 1. The maximum Gasteiger partial charge on any atom is 0.0537 e. The highest BCUT2D eigenvalue weighted by Crippen LogP contribution is 2.40. The molecule has 1 saturated carbocycles. The highest BCUT2D eigenvalue weighted by molar-refractivity contribution is 5.20. The molecule has 1 aliphatic carbocycles. The summed E-state index contributed by atoms with van der Waals surface area (Å²) in [4.78, 5) is 2.39. The number of benzene rings is 1. The summed E-state index contributed by atoms with van der Waals surface area (Å²) < 4.78 is 0. The first-order chi connectivity index (χ1) is 10.6. The summed E-state index contributed by atoms with van der Waals surface area (Å²) in [6.07, 6.45) is 8.32. The monoisotopic (exact) mass is 303 g/mol. The van der Waals surface area contributed by atoms with Gasteiger partial charge in [-0.2, -0.15) is 0 Å². The Bertz CT molecular complexity index is 409. The maximum atomic E-state index is 9.74. The molecule has 0 aliphatic heterocycles. The second kappa shape index (κ2) is 8.69. The molecule has 2 unspecified atom stereocenters. The van der Waals surface area contributed by atoms with E-state index in [9.17, 15) is 5.11 Å². The topological polar surface area (TPSA) is 23.5 Å². The third-order valence-corrected chi connectivity index (χ3v) is 5.41. The van der Waals surface area contributed by atoms with Gasteiger partial charge in [-0.05, 0) is 63.6 Å². The first kappa shape index (κ1) is 17.5. The van der Waals surface area contributed by atoms with Crippen molar-refractivity contribution < 1.29 is 5.11 Å². The van der Waals surface area contributed by atoms with Crippen LogP contribution in [0.4, 0.5) is 0 Å². The lowest BCUT2D eigenvalue weighted by atomic mass is 9.75. The lowest BCUT2D eigenvalue weighted by Gasteiger charge is -2.37. The van der Waals surface area contributed by atoms with Crippen molar-refractivity contribution in [3.8, 4) is 0 Å². The minimum Gasteiger partial charge on any atom is -0.393 e. The average molecular weight is 303 g/mol. The zero-order valence-electron chi connectivity index (χ0n) is 14.5. The molecule has 22 heavy (non-hydrogen) atoms. The van der Waals surface area contributed by atoms with Gasteiger partial charge in [0.25, 0.3) is 0 Å². The van der Waals surface area contributed by atoms with Crippen molar-refractivity contribution in [3.63, 3.8) is 0 Å². The molecule has 0 spiro atoms. The van der Waals surface area contributed by atoms with Crippen LogP contribution in [-0.4, -0.2) is 30.2 Å². The number of nitrogens with zero attached hydrogens (tertiary/aromatic N) is 1. The predicted molar refractivity (Wildman–Crippen MR) is 93.8 cm³/mol. The van der Waals surface area contributed by atoms with Gasteiger partial charge in [-0.25, -0.2) is 0 Å². The standard InChI is InChI=1S/C20H33NO/c1-4-19(22)15-12-16-10-13-18(14-11-16)20(21(2)3)17-8-6-5-7-9-17/h5-9,16,18-20,22H,4,10-15H2,1-3H3. The maximum absolute atomic E-state index is 9.74. The Morgan fingerprint density at radius 2 is 1.73 bits per heavy atom. The van der Waals surface area contributed by atoms with Crippen LogP contribution >= 0.6 is 0 Å². The largest absolute Gasteiger partial charge is 0.393 e. The predicted octanol–water partition coefficient (Wildman–Crippen LogP) is 4.65. The fraction of sp³-hybridized carbons (Fsp3) is 0.700. The van der Waals surface area contributed by atoms with Gasteiger partial charge < -0.3 is 10.0 Å². The van der Waals surface area contributed by atoms with E-state index in [1.54, 1.807) is 0 Å². The Morgan fingerprint density at radius 1 is 1.09 bits per heavy atom. The van der Waals surface area contributed by atoms with Crippen LogP contribution in [0.2, 0.25) is 0 Å². The van der Waals surface area contributed by atoms with E-state index in [1.165, 1.54) is 37.7 Å². The van der Waals surface area contributed by atoms with E-state index in [-0.39, 0.29) is 6.10 Å². The summed E-state index contributed by atoms with van der Waals surface area (Å²) >= 11 is 0. The molecular formula is C20H33NO. The lowest BCUT2D eigenvalue weighted by Crippen LogP contribution is -2.30. The Balaban J connectivity index is 1.89. The third-order valence-electron chi connectivity index (χ3n) is 5.41. The molecule has 0 aromatic heterocycles. The van der Waals surface area contributed by atoms with Gasteiger partial charge in [-0.1, -0.05) is 50.1 Å². The second-order valence-electron chi connectivity index (χ2n) is 7.24. The van der Waals surface area contributed by atoms with Crippen molar-refractivity contribution in [1.29, 1.82) is 0 Å². The second-order valence-corrected chi connectivity index (χ2v) is 7.24. The van der Waals surface area contributed by atoms with Crippen LogP contribution in [0.3, 0.4) is 0 Å². The Kier molecular flexibility index (Phi) is 6.91. The number of aliphatic hydroxyl groups is 1. The molecule has 0 amide bonds. The van der Waals surface area contributed by atoms with E-state index in [4.69, 9.17) is 0 Å². The SMILES string of the molecule is CCC(O)CCC1CCC(C(c2ccccc2)N(C)C)CC1. The van der Waals surface area contributed by atoms with Crippen molar-refractivity contribution in [2.45, 2.75) is 64.0 Å². The highest BCUT2D eigenvalue weighted by atomic mass is 16.3. The summed E-state index contributed by atoms with van der Waals surface area (Å²) in [6.45, 7) is 2.07. The molecule has 1 aliphatic rings. The van der Waals surface area contributed by atoms with Crippen LogP contribution in [0.1, 0.15) is 63.5 Å². The van der Waals surface area contributed by atoms with Crippen molar-refractivity contribution in [2.24, 2.45) is 11.8 Å². The van der Waals surface area contributed by atoms with Crippen molar-refractivity contribution in [2.75, 3.05) is 14.1 Å². The van der Waals surface area contributed by atoms with Gasteiger partial charge >= 0.3 is 0 Å². The fourth-order valence-electron chi connectivity index (χ4n) is 4.07. The van der Waals surface area contributed by atoms with E-state index in [0.29, 0.717) is 6.04 Å². The Labute approximate surface area is 136 Å². The Hall–Kier alpha value is -0.860. The van der Waals surface area contributed by atoms with E-state index in [1.807, 2.05) is 0 Å². The molecule has 2 nitrogen and oxygen atoms in total. The number of hydrogen-bond donors (Lipinski definition) is 1. The number of hydrogen-bond acceptors (Lipinski definition) is 2. The first-order valence-corrected chi connectivity index (χ1v) is 9.01. The summed E-state index contributed by atoms with van der Waals surface area (Å²) in [5, 5.41) is 9.74. The third kappa shape index (κ3) is 4.82. The van der Waals surface area contributed by atoms with Gasteiger partial charge in [0, 0.05) is 6.04 Å². The van der Waals surface area contributed by atoms with Gasteiger partial charge in [-0.15, -0.1) is 0 Å². The van der Waals surface area contributed by atoms with Gasteiger partial charge in [0.2, 0.25) is 0 Å². The van der Waals surface area contributed by atoms with Crippen LogP contribution in [0.15, 0.2) is 30.3 Å². The molecule has 2 heteroatoms. The first-order valence-electron chi connectivity index (χ1n) is 9.01. The summed E-state index contributed by atoms with van der Waals surface area (Å²) in [5.41, 5.74) is 1.46. The van der Waals surface area contributed by atoms with Crippen LogP contribution in [-0.2, 0) is 0 Å². The summed E-state index contributed by atoms with van der Waals surface area (Å²) in [5.74, 6) is 1.60. The van der Waals surface area contributed by atoms with Crippen LogP contribution in [0, 0.1) is 11.8 Å². The van der Waals surface area contributed by atoms with Gasteiger partial charge in [-0.3, -0.25) is 0 Å². The quantitative estimate of drug-likeness (QED) is 0.792. The number of rotatable bonds is 7. The van der Waals surface area contributed by atoms with E-state index in [0.717, 1.165) is 24.7 Å². The molecule has 124 valence electrons. The molecule has 1 N–H and O–H groups in total. The molecule has 0 heterocycles. The fourth-order valence-corrected chi connectivity index (χ4v) is 4.07. The van der Waals surface area contributed by atoms with Crippen molar-refractivity contribution in [3.05, 3.63) is 35.9 Å². The van der Waals surface area contributed by atoms with Gasteiger partial charge in [0.15, 0.2) is 0 Å². The van der Waals surface area contributed by atoms with Gasteiger partial charge in [0.1, 0.15) is 0 Å². The van der Waals surface area contributed by atoms with Crippen LogP contribution < -0.4 is 0 Å². The van der Waals surface area contributed by atoms with E-state index >= 15 is 0 Å². The zero-order valence-corrected chi connectivity index (χ0v) is 14.5. The molecule has 0 bridgehead atoms. The smallest absolute Gasteiger partial charge is 0.0537 e. The molecule has 1 aromatic rings.